The fraction of sp³-hybridized carbons (Fsp3) is 0.500. The van der Waals surface area contributed by atoms with E-state index in [0.29, 0.717) is 11.8 Å². The van der Waals surface area contributed by atoms with Gasteiger partial charge in [0, 0.05) is 16.9 Å². The Kier molecular flexibility index (Phi) is 6.32. The first-order valence-electron chi connectivity index (χ1n) is 5.34. The van der Waals surface area contributed by atoms with Crippen LogP contribution in [0.25, 0.3) is 0 Å². The fourth-order valence-corrected chi connectivity index (χ4v) is 2.27. The highest BCUT2D eigenvalue weighted by atomic mass is 79.9. The molecule has 0 aromatic heterocycles. The molecule has 90 valence electrons. The van der Waals surface area contributed by atoms with Crippen molar-refractivity contribution in [1.82, 2.24) is 5.32 Å². The van der Waals surface area contributed by atoms with Crippen molar-refractivity contribution in [1.29, 1.82) is 0 Å². The number of nitrogens with one attached hydrogen (secondary N) is 1. The summed E-state index contributed by atoms with van der Waals surface area (Å²) in [6.45, 7) is 3.83. The topological polar surface area (TPSA) is 12.0 Å². The minimum Gasteiger partial charge on any atom is -0.312 e. The zero-order chi connectivity index (χ0) is 12.0. The van der Waals surface area contributed by atoms with Crippen LogP contribution in [-0.4, -0.2) is 12.4 Å². The van der Waals surface area contributed by atoms with Gasteiger partial charge in [-0.15, -0.1) is 11.6 Å². The predicted molar refractivity (Wildman–Crippen MR) is 70.3 cm³/mol. The van der Waals surface area contributed by atoms with Crippen molar-refractivity contribution in [3.8, 4) is 0 Å². The van der Waals surface area contributed by atoms with E-state index in [0.717, 1.165) is 29.5 Å². The zero-order valence-electron chi connectivity index (χ0n) is 9.27. The molecule has 1 aromatic carbocycles. The smallest absolute Gasteiger partial charge is 0.124 e. The molecule has 0 heterocycles. The third-order valence-corrected chi connectivity index (χ3v) is 3.38. The monoisotopic (exact) mass is 307 g/mol. The van der Waals surface area contributed by atoms with E-state index in [1.54, 1.807) is 6.07 Å². The number of benzene rings is 1. The quantitative estimate of drug-likeness (QED) is 0.785. The Morgan fingerprint density at radius 1 is 1.50 bits per heavy atom. The number of hydrogen-bond acceptors (Lipinski definition) is 1. The van der Waals surface area contributed by atoms with Gasteiger partial charge >= 0.3 is 0 Å². The Morgan fingerprint density at radius 3 is 2.88 bits per heavy atom. The van der Waals surface area contributed by atoms with E-state index in [1.165, 1.54) is 12.1 Å². The molecule has 0 aliphatic rings. The van der Waals surface area contributed by atoms with Gasteiger partial charge in [-0.1, -0.05) is 28.9 Å². The van der Waals surface area contributed by atoms with Gasteiger partial charge in [0.05, 0.1) is 0 Å². The van der Waals surface area contributed by atoms with Crippen LogP contribution in [-0.2, 0) is 6.54 Å². The van der Waals surface area contributed by atoms with Crippen molar-refractivity contribution in [2.45, 2.75) is 19.9 Å². The van der Waals surface area contributed by atoms with E-state index in [2.05, 4.69) is 28.2 Å². The van der Waals surface area contributed by atoms with Crippen LogP contribution in [0.5, 0.6) is 0 Å². The Morgan fingerprint density at radius 2 is 2.25 bits per heavy atom. The van der Waals surface area contributed by atoms with Crippen molar-refractivity contribution in [2.24, 2.45) is 5.92 Å². The third kappa shape index (κ3) is 4.81. The summed E-state index contributed by atoms with van der Waals surface area (Å²) in [5.41, 5.74) is 1.07. The molecule has 0 aliphatic carbocycles. The lowest BCUT2D eigenvalue weighted by Gasteiger charge is -2.11. The van der Waals surface area contributed by atoms with Gasteiger partial charge in [0.25, 0.3) is 0 Å². The maximum absolute atomic E-state index is 12.8. The minimum absolute atomic E-state index is 0.217. The maximum Gasteiger partial charge on any atom is 0.124 e. The zero-order valence-corrected chi connectivity index (χ0v) is 11.6. The lowest BCUT2D eigenvalue weighted by Crippen LogP contribution is -2.21. The molecule has 0 saturated heterocycles. The van der Waals surface area contributed by atoms with Crippen LogP contribution in [0.2, 0.25) is 0 Å². The van der Waals surface area contributed by atoms with Gasteiger partial charge in [-0.2, -0.15) is 0 Å². The highest BCUT2D eigenvalue weighted by molar-refractivity contribution is 9.10. The Hall–Kier alpha value is -0.120. The molecule has 0 radical (unpaired) electrons. The summed E-state index contributed by atoms with van der Waals surface area (Å²) < 4.78 is 13.6. The van der Waals surface area contributed by atoms with Crippen molar-refractivity contribution >= 4 is 27.5 Å². The predicted octanol–water partition coefficient (Wildman–Crippen LogP) is 3.94. The van der Waals surface area contributed by atoms with Gasteiger partial charge in [0.2, 0.25) is 0 Å². The number of halogens is 3. The standard InChI is InChI=1S/C12H16BrClFN/c1-9(4-5-14)7-16-8-10-2-3-11(15)6-12(10)13/h2-3,6,9,16H,4-5,7-8H2,1H3. The van der Waals surface area contributed by atoms with E-state index in [1.807, 2.05) is 0 Å². The van der Waals surface area contributed by atoms with Crippen molar-refractivity contribution in [3.63, 3.8) is 0 Å². The van der Waals surface area contributed by atoms with E-state index < -0.39 is 0 Å². The average Bonchev–Trinajstić information content (AvgIpc) is 2.22. The van der Waals surface area contributed by atoms with Crippen molar-refractivity contribution in [3.05, 3.63) is 34.1 Å². The second kappa shape index (κ2) is 7.25. The molecule has 1 rings (SSSR count). The van der Waals surface area contributed by atoms with Gasteiger partial charge in [-0.3, -0.25) is 0 Å². The second-order valence-electron chi connectivity index (χ2n) is 3.95. The van der Waals surface area contributed by atoms with E-state index >= 15 is 0 Å². The molecule has 0 saturated carbocycles. The Labute approximate surface area is 110 Å². The molecule has 1 unspecified atom stereocenters. The summed E-state index contributed by atoms with van der Waals surface area (Å²) in [6, 6.07) is 4.75. The van der Waals surface area contributed by atoms with Gasteiger partial charge < -0.3 is 5.32 Å². The van der Waals surface area contributed by atoms with E-state index in [9.17, 15) is 4.39 Å². The van der Waals surface area contributed by atoms with Crippen LogP contribution < -0.4 is 5.32 Å². The van der Waals surface area contributed by atoms with Crippen LogP contribution in [0.3, 0.4) is 0 Å². The van der Waals surface area contributed by atoms with Crippen LogP contribution in [0.1, 0.15) is 18.9 Å². The molecule has 0 aliphatic heterocycles. The summed E-state index contributed by atoms with van der Waals surface area (Å²) >= 11 is 9.00. The average molecular weight is 309 g/mol. The third-order valence-electron chi connectivity index (χ3n) is 2.43. The molecule has 1 nitrogen and oxygen atoms in total. The SMILES string of the molecule is CC(CCCl)CNCc1ccc(F)cc1Br. The second-order valence-corrected chi connectivity index (χ2v) is 5.18. The summed E-state index contributed by atoms with van der Waals surface area (Å²) in [5, 5.41) is 3.34. The molecular weight excluding hydrogens is 292 g/mol. The van der Waals surface area contributed by atoms with Crippen LogP contribution in [0.15, 0.2) is 22.7 Å². The molecular formula is C12H16BrClFN. The number of hydrogen-bond donors (Lipinski definition) is 1. The molecule has 1 N–H and O–H groups in total. The highest BCUT2D eigenvalue weighted by Gasteiger charge is 2.03. The highest BCUT2D eigenvalue weighted by Crippen LogP contribution is 2.17. The normalized spacial score (nSPS) is 12.8. The fourth-order valence-electron chi connectivity index (χ4n) is 1.41. The van der Waals surface area contributed by atoms with Crippen molar-refractivity contribution < 1.29 is 4.39 Å². The Bertz CT molecular complexity index is 333. The number of rotatable bonds is 6. The molecule has 0 spiro atoms. The maximum atomic E-state index is 12.8. The molecule has 4 heteroatoms. The van der Waals surface area contributed by atoms with Crippen LogP contribution in [0, 0.1) is 11.7 Å². The van der Waals surface area contributed by atoms with Gasteiger partial charge in [0.15, 0.2) is 0 Å². The van der Waals surface area contributed by atoms with Gasteiger partial charge in [-0.05, 0) is 36.6 Å². The van der Waals surface area contributed by atoms with E-state index in [-0.39, 0.29) is 5.82 Å². The summed E-state index contributed by atoms with van der Waals surface area (Å²) in [4.78, 5) is 0. The van der Waals surface area contributed by atoms with E-state index in [4.69, 9.17) is 11.6 Å². The van der Waals surface area contributed by atoms with Gasteiger partial charge in [-0.25, -0.2) is 4.39 Å². The summed E-state index contributed by atoms with van der Waals surface area (Å²) in [7, 11) is 0. The molecule has 0 bridgehead atoms. The van der Waals surface area contributed by atoms with Gasteiger partial charge in [0.1, 0.15) is 5.82 Å². The summed E-state index contributed by atoms with van der Waals surface area (Å²) in [5.74, 6) is 1.05. The van der Waals surface area contributed by atoms with Crippen molar-refractivity contribution in [2.75, 3.05) is 12.4 Å². The molecule has 0 amide bonds. The molecule has 0 fully saturated rings. The Balaban J connectivity index is 2.37. The summed E-state index contributed by atoms with van der Waals surface area (Å²) in [6.07, 6.45) is 1.01. The van der Waals surface area contributed by atoms with Crippen LogP contribution in [0.4, 0.5) is 4.39 Å². The first-order valence-corrected chi connectivity index (χ1v) is 6.67. The molecule has 1 atom stereocenters. The molecule has 1 aromatic rings. The number of alkyl halides is 1. The lowest BCUT2D eigenvalue weighted by atomic mass is 10.1. The first-order chi connectivity index (χ1) is 7.63. The molecule has 16 heavy (non-hydrogen) atoms. The largest absolute Gasteiger partial charge is 0.312 e. The first kappa shape index (κ1) is 13.9. The minimum atomic E-state index is -0.217. The van der Waals surface area contributed by atoms with Crippen LogP contribution >= 0.6 is 27.5 Å². The lowest BCUT2D eigenvalue weighted by molar-refractivity contribution is 0.501.